The molecule has 0 N–H and O–H groups in total. The van der Waals surface area contributed by atoms with Crippen molar-refractivity contribution < 1.29 is 0 Å². The van der Waals surface area contributed by atoms with Gasteiger partial charge in [0, 0.05) is 59.7 Å². The van der Waals surface area contributed by atoms with Crippen LogP contribution in [0.2, 0.25) is 0 Å². The van der Waals surface area contributed by atoms with Crippen molar-refractivity contribution in [3.05, 3.63) is 348 Å². The lowest BCUT2D eigenvalue weighted by molar-refractivity contribution is 0.761. The van der Waals surface area contributed by atoms with Crippen LogP contribution >= 0.6 is 11.3 Å². The average Bonchev–Trinajstić information content (AvgIpc) is 1.60. The van der Waals surface area contributed by atoms with Gasteiger partial charge >= 0.3 is 0 Å². The van der Waals surface area contributed by atoms with Crippen molar-refractivity contribution in [2.75, 3.05) is 16.5 Å². The van der Waals surface area contributed by atoms with Gasteiger partial charge in [-0.3, -0.25) is 9.98 Å². The van der Waals surface area contributed by atoms with Gasteiger partial charge in [0.25, 0.3) is 0 Å². The highest BCUT2D eigenvalue weighted by atomic mass is 32.1. The van der Waals surface area contributed by atoms with E-state index in [4.69, 9.17) is 4.99 Å². The zero-order chi connectivity index (χ0) is 59.6. The van der Waals surface area contributed by atoms with Crippen LogP contribution in [0.4, 0.5) is 34.1 Å². The first-order valence-electron chi connectivity index (χ1n) is 30.3. The third-order valence-electron chi connectivity index (χ3n) is 17.3. The van der Waals surface area contributed by atoms with Crippen molar-refractivity contribution in [1.82, 2.24) is 0 Å². The van der Waals surface area contributed by atoms with E-state index in [1.807, 2.05) is 49.4 Å². The molecule has 88 heavy (non-hydrogen) atoms. The van der Waals surface area contributed by atoms with Crippen LogP contribution in [0, 0.1) is 6.92 Å². The van der Waals surface area contributed by atoms with Gasteiger partial charge in [0.2, 0.25) is 0 Å². The Bertz CT molecular complexity index is 4860. The number of hydrogen-bond donors (Lipinski definition) is 0. The van der Waals surface area contributed by atoms with E-state index in [0.29, 0.717) is 6.67 Å². The molecule has 0 saturated carbocycles. The summed E-state index contributed by atoms with van der Waals surface area (Å²) in [4.78, 5) is 14.7. The number of hydrogen-bond acceptors (Lipinski definition) is 5. The highest BCUT2D eigenvalue weighted by molar-refractivity contribution is 7.26. The summed E-state index contributed by atoms with van der Waals surface area (Å²) in [6.45, 7) is 10.5. The van der Waals surface area contributed by atoms with Gasteiger partial charge in [-0.2, -0.15) is 0 Å². The van der Waals surface area contributed by atoms with Gasteiger partial charge < -0.3 is 9.80 Å². The smallest absolute Gasteiger partial charge is 0.115 e. The van der Waals surface area contributed by atoms with Gasteiger partial charge in [-0.25, -0.2) is 0 Å². The lowest BCUT2D eigenvalue weighted by atomic mass is 9.66. The molecule has 1 aliphatic carbocycles. The third-order valence-corrected chi connectivity index (χ3v) is 18.4. The molecule has 0 aliphatic heterocycles. The predicted octanol–water partition coefficient (Wildman–Crippen LogP) is 22.7. The second-order valence-electron chi connectivity index (χ2n) is 22.1. The molecule has 15 rings (SSSR count). The summed E-state index contributed by atoms with van der Waals surface area (Å²) in [6, 6.07) is 112. The van der Waals surface area contributed by atoms with Gasteiger partial charge in [-0.1, -0.05) is 244 Å². The summed E-state index contributed by atoms with van der Waals surface area (Å²) in [5.41, 5.74) is 22.2. The van der Waals surface area contributed by atoms with E-state index in [1.54, 1.807) is 0 Å². The molecule has 1 atom stereocenters. The Balaban J connectivity index is 0.00000337. The van der Waals surface area contributed by atoms with Crippen LogP contribution < -0.4 is 9.80 Å². The fourth-order valence-corrected chi connectivity index (χ4v) is 14.6. The number of aryl methyl sites for hydroxylation is 1. The van der Waals surface area contributed by atoms with Crippen molar-refractivity contribution in [2.24, 2.45) is 9.98 Å². The molecule has 1 aliphatic rings. The van der Waals surface area contributed by atoms with Crippen LogP contribution in [0.5, 0.6) is 0 Å². The molecule has 13 aromatic carbocycles. The Hall–Kier alpha value is -10.7. The first-order chi connectivity index (χ1) is 43.5. The number of para-hydroxylation sites is 3. The molecule has 1 unspecified atom stereocenters. The molecule has 0 radical (unpaired) electrons. The topological polar surface area (TPSA) is 31.2 Å². The Kier molecular flexibility index (Phi) is 15.0. The number of benzene rings is 13. The summed E-state index contributed by atoms with van der Waals surface area (Å²) >= 11 is 1.87. The van der Waals surface area contributed by atoms with Crippen molar-refractivity contribution >= 4 is 88.8 Å². The van der Waals surface area contributed by atoms with E-state index >= 15 is 0 Å². The standard InChI is InChI=1S/C81H58N4S.C2H6/c1-55-25-15-18-42-72(55)81(59-29-9-4-10-30-59)73-43-19-16-37-69(73)78-66(39-23-44-74(78)81)58-47-50-76-71(52-58)79-68(41-24-46-77(79)86-76)67-40-21-28-57-51-63(48-49-65(57)67)84(54-83-80(56-26-7-3-8-27-56)70-38-17-20-45-75(70)82-2)62-35-22-36-64(53-62)85(60-31-11-5-12-32-60)61-33-13-6-14-34-61;1-2/h3-53H,2,54H2,1H3;1-2H3/b83-80-;. The van der Waals surface area contributed by atoms with E-state index in [1.165, 1.54) is 86.8 Å². The maximum Gasteiger partial charge on any atom is 0.115 e. The molecular formula is C83H64N4S. The highest BCUT2D eigenvalue weighted by Crippen LogP contribution is 2.59. The number of anilines is 5. The SMILES string of the molecule is C=Nc1ccccc1/C(=N\CN(c1cccc(N(c2ccccc2)c2ccccc2)c1)c1ccc2c(-c3cccc4sc5ccc(-c6cccc7c6-c6ccccc6C7(c6ccccc6)c6ccccc6C)cc5c34)cccc2c1)c1ccccc1.CC. The molecular weight excluding hydrogens is 1090 g/mol. The van der Waals surface area contributed by atoms with Crippen molar-refractivity contribution in [2.45, 2.75) is 26.2 Å². The van der Waals surface area contributed by atoms with E-state index in [0.717, 1.165) is 56.3 Å². The Morgan fingerprint density at radius 1 is 0.432 bits per heavy atom. The summed E-state index contributed by atoms with van der Waals surface area (Å²) in [5.74, 6) is 0. The fourth-order valence-electron chi connectivity index (χ4n) is 13.5. The number of nitrogens with zero attached hydrogens (tertiary/aromatic N) is 4. The molecule has 1 heterocycles. The monoisotopic (exact) mass is 1150 g/mol. The lowest BCUT2D eigenvalue weighted by Gasteiger charge is -2.35. The van der Waals surface area contributed by atoms with Crippen LogP contribution in [0.25, 0.3) is 64.3 Å². The molecule has 14 aromatic rings. The first-order valence-corrected chi connectivity index (χ1v) is 31.1. The molecule has 4 nitrogen and oxygen atoms in total. The summed E-state index contributed by atoms with van der Waals surface area (Å²) < 4.78 is 2.53. The van der Waals surface area contributed by atoms with Crippen LogP contribution in [0.15, 0.2) is 319 Å². The van der Waals surface area contributed by atoms with E-state index in [9.17, 15) is 0 Å². The molecule has 0 amide bonds. The molecule has 0 fully saturated rings. The van der Waals surface area contributed by atoms with E-state index < -0.39 is 5.41 Å². The molecule has 0 bridgehead atoms. The Labute approximate surface area is 520 Å². The average molecular weight is 1150 g/mol. The maximum atomic E-state index is 5.56. The van der Waals surface area contributed by atoms with Gasteiger partial charge in [-0.15, -0.1) is 11.3 Å². The summed E-state index contributed by atoms with van der Waals surface area (Å²) in [7, 11) is 0. The van der Waals surface area contributed by atoms with Crippen molar-refractivity contribution in [3.63, 3.8) is 0 Å². The van der Waals surface area contributed by atoms with Gasteiger partial charge in [0.05, 0.1) is 16.8 Å². The van der Waals surface area contributed by atoms with Gasteiger partial charge in [0.15, 0.2) is 0 Å². The highest BCUT2D eigenvalue weighted by Gasteiger charge is 2.47. The first kappa shape index (κ1) is 55.2. The summed E-state index contributed by atoms with van der Waals surface area (Å²) in [6.07, 6.45) is 0. The Morgan fingerprint density at radius 3 is 1.77 bits per heavy atom. The maximum absolute atomic E-state index is 5.56. The largest absolute Gasteiger partial charge is 0.321 e. The molecule has 0 spiro atoms. The quantitative estimate of drug-likeness (QED) is 0.102. The molecule has 0 saturated heterocycles. The van der Waals surface area contributed by atoms with E-state index in [-0.39, 0.29) is 0 Å². The van der Waals surface area contributed by atoms with Crippen LogP contribution in [0.1, 0.15) is 52.8 Å². The van der Waals surface area contributed by atoms with Gasteiger partial charge in [-0.05, 0) is 164 Å². The lowest BCUT2D eigenvalue weighted by Crippen LogP contribution is -2.29. The second-order valence-corrected chi connectivity index (χ2v) is 23.1. The van der Waals surface area contributed by atoms with Crippen molar-refractivity contribution in [1.29, 1.82) is 0 Å². The number of aliphatic imine (C=N–C) groups is 2. The zero-order valence-electron chi connectivity index (χ0n) is 49.6. The van der Waals surface area contributed by atoms with Gasteiger partial charge in [0.1, 0.15) is 6.67 Å². The number of fused-ring (bicyclic) bond motifs is 7. The molecule has 5 heteroatoms. The molecule has 422 valence electrons. The number of rotatable bonds is 14. The van der Waals surface area contributed by atoms with Crippen molar-refractivity contribution in [3.8, 4) is 33.4 Å². The third kappa shape index (κ3) is 9.67. The second kappa shape index (κ2) is 24.0. The predicted molar refractivity (Wildman–Crippen MR) is 377 cm³/mol. The summed E-state index contributed by atoms with van der Waals surface area (Å²) in [5, 5.41) is 4.85. The fraction of sp³-hybridized carbons (Fsp3) is 0.0602. The van der Waals surface area contributed by atoms with Crippen LogP contribution in [-0.4, -0.2) is 19.1 Å². The zero-order valence-corrected chi connectivity index (χ0v) is 50.4. The normalized spacial score (nSPS) is 13.4. The Morgan fingerprint density at radius 2 is 1.01 bits per heavy atom. The number of thiophene rings is 1. The van der Waals surface area contributed by atoms with E-state index in [2.05, 4.69) is 314 Å². The van der Waals surface area contributed by atoms with Crippen LogP contribution in [0.3, 0.4) is 0 Å². The minimum atomic E-state index is -0.490. The minimum absolute atomic E-state index is 0.318. The minimum Gasteiger partial charge on any atom is -0.321 e. The molecule has 1 aromatic heterocycles. The van der Waals surface area contributed by atoms with Crippen LogP contribution in [-0.2, 0) is 5.41 Å².